The molecule has 0 unspecified atom stereocenters. The van der Waals surface area contributed by atoms with E-state index in [1.165, 1.54) is 37.9 Å². The summed E-state index contributed by atoms with van der Waals surface area (Å²) in [5.41, 5.74) is 6.73. The van der Waals surface area contributed by atoms with Crippen molar-refractivity contribution in [2.45, 2.75) is 0 Å². The fourth-order valence-electron chi connectivity index (χ4n) is 1.46. The van der Waals surface area contributed by atoms with Gasteiger partial charge in [-0.05, 0) is 17.7 Å². The summed E-state index contributed by atoms with van der Waals surface area (Å²) in [4.78, 5) is 18.0. The lowest BCUT2D eigenvalue weighted by Gasteiger charge is -2.00. The predicted molar refractivity (Wildman–Crippen MR) is 80.0 cm³/mol. The Balaban J connectivity index is 2.10. The number of nitrogens with zero attached hydrogens (tertiary/aromatic N) is 5. The average molecular weight is 300 g/mol. The van der Waals surface area contributed by atoms with Crippen molar-refractivity contribution in [3.63, 3.8) is 0 Å². The Morgan fingerprint density at radius 1 is 1.36 bits per heavy atom. The predicted octanol–water partition coefficient (Wildman–Crippen LogP) is 1.13. The number of hydrogen-bond acceptors (Lipinski definition) is 7. The summed E-state index contributed by atoms with van der Waals surface area (Å²) in [6.45, 7) is 0. The Hall–Kier alpha value is -3.36. The Bertz CT molecular complexity index is 727. The highest BCUT2D eigenvalue weighted by Crippen LogP contribution is 2.10. The van der Waals surface area contributed by atoms with E-state index in [9.17, 15) is 10.1 Å². The molecule has 0 saturated carbocycles. The first-order valence-electron chi connectivity index (χ1n) is 6.07. The number of nitro benzene ring substituents is 1. The molecule has 2 N–H and O–H groups in total. The van der Waals surface area contributed by atoms with Crippen LogP contribution in [0.3, 0.4) is 0 Å². The maximum atomic E-state index is 10.5. The zero-order valence-corrected chi connectivity index (χ0v) is 11.6. The van der Waals surface area contributed by atoms with Gasteiger partial charge in [0.15, 0.2) is 5.84 Å². The second kappa shape index (κ2) is 6.88. The number of hydrogen-bond donors (Lipinski definition) is 1. The van der Waals surface area contributed by atoms with Crippen LogP contribution in [-0.4, -0.2) is 34.1 Å². The van der Waals surface area contributed by atoms with Crippen LogP contribution < -0.4 is 10.5 Å². The summed E-state index contributed by atoms with van der Waals surface area (Å²) < 4.78 is 4.93. The first-order valence-corrected chi connectivity index (χ1v) is 6.07. The van der Waals surface area contributed by atoms with Gasteiger partial charge >= 0.3 is 0 Å². The third kappa shape index (κ3) is 3.82. The number of rotatable bonds is 5. The lowest BCUT2D eigenvalue weighted by molar-refractivity contribution is -0.384. The molecule has 9 nitrogen and oxygen atoms in total. The van der Waals surface area contributed by atoms with E-state index in [1.807, 2.05) is 0 Å². The number of aromatic nitrogens is 2. The third-order valence-corrected chi connectivity index (χ3v) is 2.56. The van der Waals surface area contributed by atoms with E-state index in [-0.39, 0.29) is 11.5 Å². The van der Waals surface area contributed by atoms with Crippen LogP contribution in [0, 0.1) is 10.1 Å². The van der Waals surface area contributed by atoms with Crippen molar-refractivity contribution >= 4 is 17.7 Å². The molecule has 0 bridgehead atoms. The Labute approximate surface area is 125 Å². The largest absolute Gasteiger partial charge is 0.480 e. The molecule has 0 aliphatic carbocycles. The van der Waals surface area contributed by atoms with Gasteiger partial charge in [-0.15, -0.1) is 5.10 Å². The van der Waals surface area contributed by atoms with Gasteiger partial charge in [0.25, 0.3) is 5.69 Å². The van der Waals surface area contributed by atoms with E-state index >= 15 is 0 Å². The van der Waals surface area contributed by atoms with E-state index in [2.05, 4.69) is 20.2 Å². The van der Waals surface area contributed by atoms with Gasteiger partial charge in [0, 0.05) is 12.1 Å². The number of methoxy groups -OCH3 is 1. The van der Waals surface area contributed by atoms with Gasteiger partial charge in [-0.3, -0.25) is 15.1 Å². The summed E-state index contributed by atoms with van der Waals surface area (Å²) in [5.74, 6) is 0.388. The van der Waals surface area contributed by atoms with Crippen LogP contribution in [0.1, 0.15) is 11.3 Å². The minimum atomic E-state index is -0.474. The maximum absolute atomic E-state index is 10.5. The summed E-state index contributed by atoms with van der Waals surface area (Å²) in [6, 6.07) is 5.86. The van der Waals surface area contributed by atoms with Crippen molar-refractivity contribution < 1.29 is 9.66 Å². The molecule has 1 aromatic carbocycles. The molecule has 0 spiro atoms. The van der Waals surface area contributed by atoms with Crippen LogP contribution >= 0.6 is 0 Å². The van der Waals surface area contributed by atoms with Crippen LogP contribution in [-0.2, 0) is 0 Å². The number of nitrogens with two attached hydrogens (primary N) is 1. The highest BCUT2D eigenvalue weighted by molar-refractivity contribution is 5.95. The number of ether oxygens (including phenoxy) is 1. The second-order valence-corrected chi connectivity index (χ2v) is 4.03. The molecule has 1 heterocycles. The molecule has 112 valence electrons. The van der Waals surface area contributed by atoms with E-state index in [0.717, 1.165) is 0 Å². The standard InChI is InChI=1S/C13H12N6O3/c1-22-12-8-15-7-11(17-12)13(14)18-16-6-9-2-4-10(5-3-9)19(20)21/h2-8H,1H3,(H2,14,18)/b16-6-. The van der Waals surface area contributed by atoms with Gasteiger partial charge < -0.3 is 10.5 Å². The van der Waals surface area contributed by atoms with E-state index in [0.29, 0.717) is 17.1 Å². The number of benzene rings is 1. The molecule has 22 heavy (non-hydrogen) atoms. The third-order valence-electron chi connectivity index (χ3n) is 2.56. The van der Waals surface area contributed by atoms with Gasteiger partial charge in [0.1, 0.15) is 5.69 Å². The van der Waals surface area contributed by atoms with Gasteiger partial charge in [0.2, 0.25) is 5.88 Å². The highest BCUT2D eigenvalue weighted by atomic mass is 16.6. The van der Waals surface area contributed by atoms with E-state index in [1.54, 1.807) is 12.1 Å². The molecular weight excluding hydrogens is 288 g/mol. The van der Waals surface area contributed by atoms with E-state index < -0.39 is 4.92 Å². The number of amidine groups is 1. The Morgan fingerprint density at radius 2 is 2.09 bits per heavy atom. The van der Waals surface area contributed by atoms with Crippen molar-refractivity contribution in [1.29, 1.82) is 0 Å². The minimum absolute atomic E-state index is 0.00631. The monoisotopic (exact) mass is 300 g/mol. The zero-order chi connectivity index (χ0) is 15.9. The molecule has 0 atom stereocenters. The lowest BCUT2D eigenvalue weighted by Crippen LogP contribution is -2.15. The van der Waals surface area contributed by atoms with Crippen molar-refractivity contribution in [3.8, 4) is 5.88 Å². The van der Waals surface area contributed by atoms with Crippen LogP contribution in [0.15, 0.2) is 46.9 Å². The summed E-state index contributed by atoms with van der Waals surface area (Å²) in [7, 11) is 1.47. The average Bonchev–Trinajstić information content (AvgIpc) is 2.55. The fourth-order valence-corrected chi connectivity index (χ4v) is 1.46. The van der Waals surface area contributed by atoms with Gasteiger partial charge in [-0.1, -0.05) is 0 Å². The van der Waals surface area contributed by atoms with Crippen molar-refractivity contribution in [1.82, 2.24) is 9.97 Å². The summed E-state index contributed by atoms with van der Waals surface area (Å²) in [5, 5.41) is 18.1. The SMILES string of the molecule is COc1cncc(/C(N)=N\N=C/c2ccc([N+](=O)[O-])cc2)n1. The van der Waals surface area contributed by atoms with Crippen LogP contribution in [0.2, 0.25) is 0 Å². The summed E-state index contributed by atoms with van der Waals surface area (Å²) >= 11 is 0. The van der Waals surface area contributed by atoms with Gasteiger partial charge in [0.05, 0.1) is 30.6 Å². The molecule has 0 saturated heterocycles. The molecule has 0 radical (unpaired) electrons. The van der Waals surface area contributed by atoms with Crippen LogP contribution in [0.4, 0.5) is 5.69 Å². The molecule has 2 rings (SSSR count). The van der Waals surface area contributed by atoms with Gasteiger partial charge in [-0.2, -0.15) is 5.10 Å². The highest BCUT2D eigenvalue weighted by Gasteiger charge is 2.04. The normalized spacial score (nSPS) is 11.6. The quantitative estimate of drug-likeness (QED) is 0.381. The second-order valence-electron chi connectivity index (χ2n) is 4.03. The first-order chi connectivity index (χ1) is 10.6. The zero-order valence-electron chi connectivity index (χ0n) is 11.6. The molecule has 0 fully saturated rings. The van der Waals surface area contributed by atoms with Crippen molar-refractivity contribution in [2.75, 3.05) is 7.11 Å². The molecule has 2 aromatic rings. The first kappa shape index (κ1) is 15.0. The smallest absolute Gasteiger partial charge is 0.269 e. The lowest BCUT2D eigenvalue weighted by atomic mass is 10.2. The topological polar surface area (TPSA) is 129 Å². The van der Waals surface area contributed by atoms with Crippen molar-refractivity contribution in [2.24, 2.45) is 15.9 Å². The fraction of sp³-hybridized carbons (Fsp3) is 0.0769. The van der Waals surface area contributed by atoms with Crippen molar-refractivity contribution in [3.05, 3.63) is 58.0 Å². The number of non-ortho nitro benzene ring substituents is 1. The molecule has 0 aliphatic rings. The Morgan fingerprint density at radius 3 is 2.73 bits per heavy atom. The Kier molecular flexibility index (Phi) is 4.70. The van der Waals surface area contributed by atoms with Crippen LogP contribution in [0.5, 0.6) is 5.88 Å². The van der Waals surface area contributed by atoms with Gasteiger partial charge in [-0.25, -0.2) is 4.98 Å². The molecule has 0 amide bonds. The van der Waals surface area contributed by atoms with Crippen LogP contribution in [0.25, 0.3) is 0 Å². The molecule has 0 aliphatic heterocycles. The maximum Gasteiger partial charge on any atom is 0.269 e. The molecule has 1 aromatic heterocycles. The minimum Gasteiger partial charge on any atom is -0.480 e. The molecular formula is C13H12N6O3. The molecule has 9 heteroatoms. The summed E-state index contributed by atoms with van der Waals surface area (Å²) in [6.07, 6.45) is 4.30. The number of nitro groups is 1. The van der Waals surface area contributed by atoms with E-state index in [4.69, 9.17) is 10.5 Å².